The van der Waals surface area contributed by atoms with E-state index in [1.54, 1.807) is 18.2 Å². The van der Waals surface area contributed by atoms with Crippen LogP contribution < -0.4 is 0 Å². The molecular formula is C6H5O4PS. The maximum Gasteiger partial charge on any atom is 0.344 e. The number of rotatable bonds is 3. The second-order valence-corrected chi connectivity index (χ2v) is 4.04. The van der Waals surface area contributed by atoms with Gasteiger partial charge >= 0.3 is 18.8 Å². The van der Waals surface area contributed by atoms with Gasteiger partial charge in [-0.15, -0.1) is 0 Å². The van der Waals surface area contributed by atoms with Crippen LogP contribution in [0.2, 0.25) is 0 Å². The fourth-order valence-corrected chi connectivity index (χ4v) is 1.83. The van der Waals surface area contributed by atoms with Gasteiger partial charge < -0.3 is 0 Å². The minimum absolute atomic E-state index is 0.00616. The summed E-state index contributed by atoms with van der Waals surface area (Å²) in [6, 6.07) is 7.50. The summed E-state index contributed by atoms with van der Waals surface area (Å²) in [6.45, 7) is 0. The molecule has 0 fully saturated rings. The van der Waals surface area contributed by atoms with Gasteiger partial charge in [-0.25, -0.2) is 4.57 Å². The minimum atomic E-state index is -3.84. The molecule has 12 heavy (non-hydrogen) atoms. The number of hydrogen-bond acceptors (Lipinski definition) is 4. The lowest BCUT2D eigenvalue weighted by molar-refractivity contribution is 0.487. The van der Waals surface area contributed by atoms with Crippen molar-refractivity contribution in [2.24, 2.45) is 0 Å². The van der Waals surface area contributed by atoms with Gasteiger partial charge in [-0.3, -0.25) is 0 Å². The smallest absolute Gasteiger partial charge is 0.239 e. The van der Waals surface area contributed by atoms with Crippen LogP contribution >= 0.6 is 8.69 Å². The zero-order valence-corrected chi connectivity index (χ0v) is 7.59. The van der Waals surface area contributed by atoms with Crippen LogP contribution in [0.25, 0.3) is 0 Å². The number of hydrogen-bond donors (Lipinski definition) is 0. The van der Waals surface area contributed by atoms with Crippen LogP contribution in [0.4, 0.5) is 0 Å². The van der Waals surface area contributed by atoms with Crippen LogP contribution in [0.5, 0.6) is 0 Å². The molecule has 1 aromatic carbocycles. The molecule has 0 unspecified atom stereocenters. The first-order chi connectivity index (χ1) is 5.67. The van der Waals surface area contributed by atoms with Gasteiger partial charge in [0, 0.05) is 0 Å². The van der Waals surface area contributed by atoms with Gasteiger partial charge in [0.05, 0.1) is 4.90 Å². The Bertz CT molecular complexity index is 358. The van der Waals surface area contributed by atoms with Crippen molar-refractivity contribution >= 4 is 18.8 Å². The molecule has 0 N–H and O–H groups in total. The third kappa shape index (κ3) is 2.11. The Kier molecular flexibility index (Phi) is 2.92. The summed E-state index contributed by atoms with van der Waals surface area (Å²) in [5.41, 5.74) is 0. The summed E-state index contributed by atoms with van der Waals surface area (Å²) in [5.74, 6) is 0. The van der Waals surface area contributed by atoms with E-state index in [9.17, 15) is 13.0 Å². The van der Waals surface area contributed by atoms with E-state index in [4.69, 9.17) is 0 Å². The number of benzene rings is 1. The summed E-state index contributed by atoms with van der Waals surface area (Å²) in [7, 11) is -4.70. The fourth-order valence-electron chi connectivity index (χ4n) is 0.670. The highest BCUT2D eigenvalue weighted by molar-refractivity contribution is 7.89. The minimum Gasteiger partial charge on any atom is -0.239 e. The molecule has 0 amide bonds. The van der Waals surface area contributed by atoms with Crippen molar-refractivity contribution < 1.29 is 17.0 Å². The van der Waals surface area contributed by atoms with E-state index in [-0.39, 0.29) is 4.90 Å². The molecule has 0 saturated heterocycles. The van der Waals surface area contributed by atoms with Crippen LogP contribution in [0, 0.1) is 0 Å². The van der Waals surface area contributed by atoms with Crippen molar-refractivity contribution in [1.29, 1.82) is 0 Å². The zero-order valence-electron chi connectivity index (χ0n) is 5.88. The Balaban J connectivity index is 3.07. The predicted octanol–water partition coefficient (Wildman–Crippen LogP) is 1.60. The molecule has 0 saturated carbocycles. The molecule has 0 aliphatic carbocycles. The van der Waals surface area contributed by atoms with Gasteiger partial charge in [0.25, 0.3) is 0 Å². The van der Waals surface area contributed by atoms with Crippen LogP contribution in [0.1, 0.15) is 0 Å². The summed E-state index contributed by atoms with van der Waals surface area (Å²) < 4.78 is 35.9. The maximum atomic E-state index is 11.0. The van der Waals surface area contributed by atoms with Crippen LogP contribution in [-0.2, 0) is 18.7 Å². The lowest BCUT2D eigenvalue weighted by Gasteiger charge is -1.96. The van der Waals surface area contributed by atoms with Crippen LogP contribution in [0.3, 0.4) is 0 Å². The molecule has 0 radical (unpaired) electrons. The van der Waals surface area contributed by atoms with Gasteiger partial charge in [0.15, 0.2) is 0 Å². The van der Waals surface area contributed by atoms with E-state index in [2.05, 4.69) is 3.97 Å². The van der Waals surface area contributed by atoms with Crippen LogP contribution in [-0.4, -0.2) is 8.42 Å². The lowest BCUT2D eigenvalue weighted by atomic mass is 10.4. The molecule has 4 nitrogen and oxygen atoms in total. The third-order valence-corrected chi connectivity index (χ3v) is 3.04. The van der Waals surface area contributed by atoms with E-state index < -0.39 is 18.8 Å². The van der Waals surface area contributed by atoms with Crippen LogP contribution in [0.15, 0.2) is 35.2 Å². The first-order valence-electron chi connectivity index (χ1n) is 2.98. The monoisotopic (exact) mass is 204 g/mol. The quantitative estimate of drug-likeness (QED) is 0.701. The van der Waals surface area contributed by atoms with Gasteiger partial charge in [-0.05, 0) is 12.1 Å². The van der Waals surface area contributed by atoms with Gasteiger partial charge in [0.1, 0.15) is 0 Å². The summed E-state index contributed by atoms with van der Waals surface area (Å²) in [6.07, 6.45) is 0. The molecule has 0 aliphatic heterocycles. The molecule has 0 aromatic heterocycles. The zero-order chi connectivity index (χ0) is 9.03. The lowest BCUT2D eigenvalue weighted by Crippen LogP contribution is -1.98. The van der Waals surface area contributed by atoms with Crippen molar-refractivity contribution in [3.8, 4) is 0 Å². The van der Waals surface area contributed by atoms with Gasteiger partial charge in [-0.1, -0.05) is 18.2 Å². The molecule has 6 heteroatoms. The highest BCUT2D eigenvalue weighted by Gasteiger charge is 2.13. The van der Waals surface area contributed by atoms with Gasteiger partial charge in [-0.2, -0.15) is 12.4 Å². The second kappa shape index (κ2) is 3.76. The van der Waals surface area contributed by atoms with E-state index in [0.717, 1.165) is 0 Å². The van der Waals surface area contributed by atoms with E-state index >= 15 is 0 Å². The Morgan fingerprint density at radius 1 is 1.17 bits per heavy atom. The van der Waals surface area contributed by atoms with Crippen molar-refractivity contribution in [3.63, 3.8) is 0 Å². The Hall–Kier alpha value is -0.770. The molecular weight excluding hydrogens is 199 g/mol. The molecule has 0 aliphatic rings. The highest BCUT2D eigenvalue weighted by Crippen LogP contribution is 2.15. The molecule has 0 spiro atoms. The van der Waals surface area contributed by atoms with Gasteiger partial charge in [0.2, 0.25) is 0 Å². The van der Waals surface area contributed by atoms with Crippen molar-refractivity contribution in [2.75, 3.05) is 0 Å². The molecule has 0 atom stereocenters. The first-order valence-corrected chi connectivity index (χ1v) is 5.12. The molecule has 1 rings (SSSR count). The Morgan fingerprint density at radius 2 is 1.75 bits per heavy atom. The molecule has 0 bridgehead atoms. The maximum absolute atomic E-state index is 11.0. The molecule has 0 heterocycles. The Labute approximate surface area is 71.6 Å². The third-order valence-electron chi connectivity index (χ3n) is 1.16. The normalized spacial score (nSPS) is 11.7. The average molecular weight is 204 g/mol. The topological polar surface area (TPSA) is 60.4 Å². The highest BCUT2D eigenvalue weighted by atomic mass is 32.2. The Morgan fingerprint density at radius 3 is 2.25 bits per heavy atom. The van der Waals surface area contributed by atoms with E-state index in [1.165, 1.54) is 12.1 Å². The summed E-state index contributed by atoms with van der Waals surface area (Å²) in [4.78, 5) is -0.00616. The summed E-state index contributed by atoms with van der Waals surface area (Å²) >= 11 is 0. The van der Waals surface area contributed by atoms with E-state index in [0.29, 0.717) is 0 Å². The molecule has 64 valence electrons. The van der Waals surface area contributed by atoms with Crippen molar-refractivity contribution in [3.05, 3.63) is 30.3 Å². The molecule has 1 aromatic rings. The fraction of sp³-hybridized carbons (Fsp3) is 0. The SMILES string of the molecule is O=POS(=O)(=O)c1ccccc1. The van der Waals surface area contributed by atoms with Crippen molar-refractivity contribution in [2.45, 2.75) is 4.90 Å². The largest absolute Gasteiger partial charge is 0.344 e. The second-order valence-electron chi connectivity index (χ2n) is 1.92. The standard InChI is InChI=1S/C6H5O4PS/c7-11-10-12(8,9)6-4-2-1-3-5-6/h1-5H. The van der Waals surface area contributed by atoms with Crippen molar-refractivity contribution in [1.82, 2.24) is 0 Å². The first kappa shape index (κ1) is 9.32. The average Bonchev–Trinajstić information content (AvgIpc) is 2.06. The predicted molar refractivity (Wildman–Crippen MR) is 42.3 cm³/mol. The van der Waals surface area contributed by atoms with E-state index in [1.807, 2.05) is 0 Å². The summed E-state index contributed by atoms with van der Waals surface area (Å²) in [5, 5.41) is 0.